The van der Waals surface area contributed by atoms with Gasteiger partial charge in [0.2, 0.25) is 0 Å². The maximum atomic E-state index is 12.9. The van der Waals surface area contributed by atoms with Crippen LogP contribution in [0.25, 0.3) is 0 Å². The molecule has 0 radical (unpaired) electrons. The highest BCUT2D eigenvalue weighted by Crippen LogP contribution is 2.44. The van der Waals surface area contributed by atoms with E-state index >= 15 is 0 Å². The van der Waals surface area contributed by atoms with Crippen LogP contribution in [-0.2, 0) is 33.3 Å². The summed E-state index contributed by atoms with van der Waals surface area (Å²) in [6, 6.07) is 0. The van der Waals surface area contributed by atoms with E-state index in [1.807, 2.05) is 13.8 Å². The van der Waals surface area contributed by atoms with E-state index in [9.17, 15) is 19.5 Å². The van der Waals surface area contributed by atoms with Crippen LogP contribution >= 0.6 is 11.6 Å². The summed E-state index contributed by atoms with van der Waals surface area (Å²) in [5.74, 6) is -5.46. The predicted octanol–water partition coefficient (Wildman–Crippen LogP) is 4.57. The summed E-state index contributed by atoms with van der Waals surface area (Å²) in [4.78, 5) is 38.6. The third-order valence-corrected chi connectivity index (χ3v) is 8.85. The van der Waals surface area contributed by atoms with Crippen molar-refractivity contribution in [3.8, 4) is 0 Å². The Labute approximate surface area is 221 Å². The van der Waals surface area contributed by atoms with Crippen molar-refractivity contribution in [1.82, 2.24) is 0 Å². The molecule has 3 fully saturated rings. The number of hydrogen-bond donors (Lipinski definition) is 0. The summed E-state index contributed by atoms with van der Waals surface area (Å²) in [5.41, 5.74) is 0.641. The minimum atomic E-state index is -1.20. The van der Waals surface area contributed by atoms with Gasteiger partial charge in [0.05, 0.1) is 11.5 Å². The van der Waals surface area contributed by atoms with Gasteiger partial charge in [0.25, 0.3) is 5.79 Å². The molecule has 3 atom stereocenters. The Morgan fingerprint density at radius 1 is 0.784 bits per heavy atom. The molecule has 0 aromatic heterocycles. The molecule has 9 heteroatoms. The second-order valence-electron chi connectivity index (χ2n) is 10.8. The summed E-state index contributed by atoms with van der Waals surface area (Å²) >= 11 is 6.65. The SMILES string of the molecule is CC1CCCCC12OC(=O)C(=CC1=C(Cl)C(=CC3=C([O-])OC4(CCCCC4C)OC3=O)CCC1)C(=O)O2. The Kier molecular flexibility index (Phi) is 6.90. The van der Waals surface area contributed by atoms with Gasteiger partial charge < -0.3 is 24.1 Å². The molecular weight excluding hydrogens is 500 g/mol. The van der Waals surface area contributed by atoms with Gasteiger partial charge in [0, 0.05) is 23.3 Å². The van der Waals surface area contributed by atoms with Crippen molar-refractivity contribution in [2.75, 3.05) is 0 Å². The van der Waals surface area contributed by atoms with E-state index in [-0.39, 0.29) is 28.0 Å². The summed E-state index contributed by atoms with van der Waals surface area (Å²) in [6.07, 6.45) is 10.7. The molecule has 37 heavy (non-hydrogen) atoms. The molecular formula is C28H32ClO8-. The molecule has 3 unspecified atom stereocenters. The van der Waals surface area contributed by atoms with Crippen LogP contribution in [0.3, 0.4) is 0 Å². The van der Waals surface area contributed by atoms with Crippen molar-refractivity contribution in [1.29, 1.82) is 0 Å². The fourth-order valence-corrected chi connectivity index (χ4v) is 6.29. The number of esters is 3. The highest BCUT2D eigenvalue weighted by Gasteiger charge is 2.51. The number of allylic oxidation sites excluding steroid dienone is 4. The van der Waals surface area contributed by atoms with E-state index in [1.165, 1.54) is 12.2 Å². The summed E-state index contributed by atoms with van der Waals surface area (Å²) in [7, 11) is 0. The zero-order valence-electron chi connectivity index (χ0n) is 21.2. The zero-order chi connectivity index (χ0) is 26.4. The summed E-state index contributed by atoms with van der Waals surface area (Å²) in [6.45, 7) is 3.84. The summed E-state index contributed by atoms with van der Waals surface area (Å²) < 4.78 is 22.7. The van der Waals surface area contributed by atoms with Crippen LogP contribution in [0.1, 0.15) is 84.5 Å². The first-order valence-electron chi connectivity index (χ1n) is 13.3. The smallest absolute Gasteiger partial charge is 0.348 e. The van der Waals surface area contributed by atoms with Crippen LogP contribution in [0.2, 0.25) is 0 Å². The molecule has 5 rings (SSSR count). The Bertz CT molecular complexity index is 1120. The van der Waals surface area contributed by atoms with Gasteiger partial charge in [-0.1, -0.05) is 38.3 Å². The molecule has 0 amide bonds. The molecule has 2 spiro atoms. The quantitative estimate of drug-likeness (QED) is 0.289. The fourth-order valence-electron chi connectivity index (χ4n) is 5.99. The van der Waals surface area contributed by atoms with E-state index in [4.69, 9.17) is 30.5 Å². The lowest BCUT2D eigenvalue weighted by Crippen LogP contribution is -2.52. The molecule has 0 bridgehead atoms. The fraction of sp³-hybridized carbons (Fsp3) is 0.607. The van der Waals surface area contributed by atoms with Crippen LogP contribution in [0.4, 0.5) is 0 Å². The molecule has 0 aromatic carbocycles. The van der Waals surface area contributed by atoms with Gasteiger partial charge in [-0.15, -0.1) is 0 Å². The Morgan fingerprint density at radius 3 is 1.92 bits per heavy atom. The number of carbonyl (C=O) groups excluding carboxylic acids is 3. The van der Waals surface area contributed by atoms with Crippen LogP contribution in [-0.4, -0.2) is 29.5 Å². The maximum absolute atomic E-state index is 12.9. The van der Waals surface area contributed by atoms with Crippen molar-refractivity contribution in [2.24, 2.45) is 11.8 Å². The van der Waals surface area contributed by atoms with Crippen molar-refractivity contribution in [3.63, 3.8) is 0 Å². The van der Waals surface area contributed by atoms with Gasteiger partial charge in [-0.05, 0) is 74.7 Å². The lowest BCUT2D eigenvalue weighted by Gasteiger charge is -2.50. The Hall–Kier alpha value is -2.74. The molecule has 200 valence electrons. The first-order valence-corrected chi connectivity index (χ1v) is 13.6. The third kappa shape index (κ3) is 4.69. The van der Waals surface area contributed by atoms with Crippen molar-refractivity contribution in [2.45, 2.75) is 96.1 Å². The van der Waals surface area contributed by atoms with Gasteiger partial charge in [0.1, 0.15) is 5.57 Å². The first kappa shape index (κ1) is 25.9. The second-order valence-corrected chi connectivity index (χ2v) is 11.2. The highest BCUT2D eigenvalue weighted by atomic mass is 35.5. The highest BCUT2D eigenvalue weighted by molar-refractivity contribution is 6.33. The van der Waals surface area contributed by atoms with E-state index in [1.54, 1.807) is 0 Å². The monoisotopic (exact) mass is 531 g/mol. The minimum Gasteiger partial charge on any atom is -0.574 e. The molecule has 2 saturated carbocycles. The lowest BCUT2D eigenvalue weighted by molar-refractivity contribution is -0.407. The molecule has 0 aromatic rings. The predicted molar refractivity (Wildman–Crippen MR) is 130 cm³/mol. The summed E-state index contributed by atoms with van der Waals surface area (Å²) in [5, 5.41) is 13.1. The number of rotatable bonds is 2. The Balaban J connectivity index is 1.40. The number of carbonyl (C=O) groups is 3. The van der Waals surface area contributed by atoms with Crippen LogP contribution in [0, 0.1) is 11.8 Å². The van der Waals surface area contributed by atoms with E-state index in [2.05, 4.69) is 0 Å². The molecule has 5 aliphatic rings. The van der Waals surface area contributed by atoms with E-state index in [0.29, 0.717) is 43.3 Å². The topological polar surface area (TPSA) is 111 Å². The second kappa shape index (κ2) is 9.86. The third-order valence-electron chi connectivity index (χ3n) is 8.36. The Morgan fingerprint density at radius 2 is 1.35 bits per heavy atom. The number of hydrogen-bond acceptors (Lipinski definition) is 8. The molecule has 8 nitrogen and oxygen atoms in total. The van der Waals surface area contributed by atoms with Crippen LogP contribution in [0.15, 0.2) is 45.4 Å². The minimum absolute atomic E-state index is 0.0783. The van der Waals surface area contributed by atoms with Gasteiger partial charge in [-0.2, -0.15) is 0 Å². The lowest BCUT2D eigenvalue weighted by atomic mass is 9.83. The number of ether oxygens (including phenoxy) is 4. The molecule has 1 saturated heterocycles. The number of halogens is 1. The van der Waals surface area contributed by atoms with Crippen molar-refractivity contribution in [3.05, 3.63) is 45.4 Å². The van der Waals surface area contributed by atoms with E-state index < -0.39 is 35.4 Å². The first-order chi connectivity index (χ1) is 17.6. The normalized spacial score (nSPS) is 35.9. The zero-order valence-corrected chi connectivity index (χ0v) is 22.0. The van der Waals surface area contributed by atoms with Crippen LogP contribution in [0.5, 0.6) is 0 Å². The van der Waals surface area contributed by atoms with Gasteiger partial charge >= 0.3 is 17.9 Å². The standard InChI is InChI=1S/C28H33ClO8/c1-16-8-3-5-12-27(16)34-23(30)20(24(31)35-27)14-18-10-7-11-19(22(18)29)15-21-25(32)36-28(37-26(21)33)13-6-4-9-17(28)2/h14-17,30H,3-13H2,1-2H3/p-1. The van der Waals surface area contributed by atoms with Gasteiger partial charge in [-0.3, -0.25) is 0 Å². The van der Waals surface area contributed by atoms with Gasteiger partial charge in [-0.25, -0.2) is 14.4 Å². The van der Waals surface area contributed by atoms with Crippen molar-refractivity contribution < 1.29 is 38.4 Å². The average Bonchev–Trinajstić information content (AvgIpc) is 2.84. The van der Waals surface area contributed by atoms with Gasteiger partial charge in [0.15, 0.2) is 5.79 Å². The molecule has 2 heterocycles. The van der Waals surface area contributed by atoms with Crippen LogP contribution < -0.4 is 5.11 Å². The maximum Gasteiger partial charge on any atom is 0.348 e. The van der Waals surface area contributed by atoms with Crippen molar-refractivity contribution >= 4 is 29.5 Å². The largest absolute Gasteiger partial charge is 0.574 e. The average molecular weight is 532 g/mol. The molecule has 2 aliphatic heterocycles. The van der Waals surface area contributed by atoms with E-state index in [0.717, 1.165) is 38.5 Å². The molecule has 3 aliphatic carbocycles. The molecule has 0 N–H and O–H groups in total.